The minimum atomic E-state index is -0.318. The molecule has 1 aliphatic heterocycles. The molecular weight excluding hydrogens is 381 g/mol. The lowest BCUT2D eigenvalue weighted by Gasteiger charge is -2.33. The van der Waals surface area contributed by atoms with Crippen molar-refractivity contribution in [3.8, 4) is 16.9 Å². The molecule has 1 amide bonds. The van der Waals surface area contributed by atoms with Gasteiger partial charge in [0.1, 0.15) is 12.4 Å². The van der Waals surface area contributed by atoms with Crippen LogP contribution in [0.3, 0.4) is 0 Å². The molecule has 5 nitrogen and oxygen atoms in total. The van der Waals surface area contributed by atoms with E-state index in [0.717, 1.165) is 24.1 Å². The molecular formula is C24H22FN3O2. The molecule has 3 aromatic rings. The van der Waals surface area contributed by atoms with Crippen molar-refractivity contribution in [2.24, 2.45) is 0 Å². The van der Waals surface area contributed by atoms with E-state index in [1.54, 1.807) is 30.5 Å². The lowest BCUT2D eigenvalue weighted by Crippen LogP contribution is -2.34. The Morgan fingerprint density at radius 3 is 2.83 bits per heavy atom. The molecule has 0 radical (unpaired) electrons. The van der Waals surface area contributed by atoms with E-state index in [1.165, 1.54) is 6.07 Å². The Hall–Kier alpha value is -3.41. The highest BCUT2D eigenvalue weighted by atomic mass is 19.1. The number of aromatic nitrogens is 1. The number of amides is 1. The normalized spacial score (nSPS) is 15.3. The summed E-state index contributed by atoms with van der Waals surface area (Å²) in [6.07, 6.45) is 5.56. The first-order valence-electron chi connectivity index (χ1n) is 10.2. The smallest absolute Gasteiger partial charge is 0.255 e. The van der Waals surface area contributed by atoms with Crippen molar-refractivity contribution in [3.63, 3.8) is 0 Å². The van der Waals surface area contributed by atoms with Crippen molar-refractivity contribution in [1.82, 2.24) is 10.3 Å². The molecule has 1 N–H and O–H groups in total. The molecule has 1 aromatic heterocycles. The fraction of sp³-hybridized carbons (Fsp3) is 0.250. The predicted molar refractivity (Wildman–Crippen MR) is 113 cm³/mol. The number of pyridine rings is 1. The van der Waals surface area contributed by atoms with Gasteiger partial charge in [0.15, 0.2) is 5.75 Å². The molecule has 1 fully saturated rings. The number of anilines is 1. The molecule has 30 heavy (non-hydrogen) atoms. The molecule has 2 aliphatic rings. The SMILES string of the molecule is O=C(NC1CC1)c1cc(-c2ccccc2F)cc2c1OCCN2Cc1cccnc1. The number of nitrogens with zero attached hydrogens (tertiary/aromatic N) is 2. The third-order valence-corrected chi connectivity index (χ3v) is 5.46. The van der Waals surface area contributed by atoms with Crippen LogP contribution in [0.15, 0.2) is 60.9 Å². The Morgan fingerprint density at radius 2 is 2.07 bits per heavy atom. The molecule has 0 saturated heterocycles. The van der Waals surface area contributed by atoms with Crippen molar-refractivity contribution in [2.45, 2.75) is 25.4 Å². The summed E-state index contributed by atoms with van der Waals surface area (Å²) in [4.78, 5) is 19.3. The number of nitrogens with one attached hydrogen (secondary N) is 1. The van der Waals surface area contributed by atoms with Gasteiger partial charge < -0.3 is 15.0 Å². The van der Waals surface area contributed by atoms with Gasteiger partial charge in [0.05, 0.1) is 17.8 Å². The molecule has 2 aromatic carbocycles. The largest absolute Gasteiger partial charge is 0.489 e. The quantitative estimate of drug-likeness (QED) is 0.695. The maximum Gasteiger partial charge on any atom is 0.255 e. The monoisotopic (exact) mass is 403 g/mol. The first kappa shape index (κ1) is 18.6. The number of carbonyl (C=O) groups excluding carboxylic acids is 1. The van der Waals surface area contributed by atoms with Crippen molar-refractivity contribution in [3.05, 3.63) is 77.9 Å². The number of carbonyl (C=O) groups is 1. The third kappa shape index (κ3) is 3.73. The fourth-order valence-corrected chi connectivity index (χ4v) is 3.77. The second-order valence-electron chi connectivity index (χ2n) is 7.73. The topological polar surface area (TPSA) is 54.5 Å². The van der Waals surface area contributed by atoms with Crippen LogP contribution in [0, 0.1) is 5.82 Å². The molecule has 5 rings (SSSR count). The predicted octanol–water partition coefficient (Wildman–Crippen LogP) is 4.18. The second-order valence-corrected chi connectivity index (χ2v) is 7.73. The van der Waals surface area contributed by atoms with Gasteiger partial charge in [-0.25, -0.2) is 4.39 Å². The fourth-order valence-electron chi connectivity index (χ4n) is 3.77. The third-order valence-electron chi connectivity index (χ3n) is 5.46. The van der Waals surface area contributed by atoms with Crippen LogP contribution >= 0.6 is 0 Å². The number of ether oxygens (including phenoxy) is 1. The average Bonchev–Trinajstić information content (AvgIpc) is 3.58. The number of hydrogen-bond donors (Lipinski definition) is 1. The van der Waals surface area contributed by atoms with E-state index in [0.29, 0.717) is 42.1 Å². The Morgan fingerprint density at radius 1 is 1.20 bits per heavy atom. The first-order valence-corrected chi connectivity index (χ1v) is 10.2. The van der Waals surface area contributed by atoms with Gasteiger partial charge in [0.2, 0.25) is 0 Å². The van der Waals surface area contributed by atoms with Gasteiger partial charge >= 0.3 is 0 Å². The Kier molecular flexibility index (Phi) is 4.83. The van der Waals surface area contributed by atoms with Crippen LogP contribution in [0.2, 0.25) is 0 Å². The van der Waals surface area contributed by atoms with Crippen LogP contribution in [0.5, 0.6) is 5.75 Å². The van der Waals surface area contributed by atoms with E-state index in [1.807, 2.05) is 24.4 Å². The van der Waals surface area contributed by atoms with E-state index in [4.69, 9.17) is 4.74 Å². The Labute approximate surface area is 174 Å². The van der Waals surface area contributed by atoms with Gasteiger partial charge in [-0.2, -0.15) is 0 Å². The van der Waals surface area contributed by atoms with Gasteiger partial charge in [-0.15, -0.1) is 0 Å². The van der Waals surface area contributed by atoms with Crippen LogP contribution in [0.4, 0.5) is 10.1 Å². The van der Waals surface area contributed by atoms with Crippen molar-refractivity contribution >= 4 is 11.6 Å². The summed E-state index contributed by atoms with van der Waals surface area (Å²) in [6.45, 7) is 1.79. The minimum Gasteiger partial charge on any atom is -0.489 e. The van der Waals surface area contributed by atoms with E-state index >= 15 is 0 Å². The lowest BCUT2D eigenvalue weighted by molar-refractivity contribution is 0.0946. The van der Waals surface area contributed by atoms with Crippen LogP contribution < -0.4 is 15.0 Å². The number of benzene rings is 2. The lowest BCUT2D eigenvalue weighted by atomic mass is 9.98. The Bertz CT molecular complexity index is 1080. The van der Waals surface area contributed by atoms with Gasteiger partial charge in [0.25, 0.3) is 5.91 Å². The van der Waals surface area contributed by atoms with Gasteiger partial charge in [0, 0.05) is 30.5 Å². The molecule has 0 spiro atoms. The highest BCUT2D eigenvalue weighted by Crippen LogP contribution is 2.40. The molecule has 2 heterocycles. The highest BCUT2D eigenvalue weighted by Gasteiger charge is 2.29. The maximum atomic E-state index is 14.6. The number of halogens is 1. The van der Waals surface area contributed by atoms with Crippen molar-refractivity contribution < 1.29 is 13.9 Å². The molecule has 6 heteroatoms. The standard InChI is InChI=1S/C24H22FN3O2/c25-21-6-2-1-5-19(21)17-12-20(24(29)27-18-7-8-18)23-22(13-17)28(10-11-30-23)15-16-4-3-9-26-14-16/h1-6,9,12-14,18H,7-8,10-11,15H2,(H,27,29). The highest BCUT2D eigenvalue weighted by molar-refractivity contribution is 6.01. The Balaban J connectivity index is 1.60. The molecule has 1 saturated carbocycles. The van der Waals surface area contributed by atoms with Gasteiger partial charge in [-0.3, -0.25) is 9.78 Å². The molecule has 1 aliphatic carbocycles. The van der Waals surface area contributed by atoms with E-state index < -0.39 is 0 Å². The first-order chi connectivity index (χ1) is 14.7. The minimum absolute atomic E-state index is 0.171. The van der Waals surface area contributed by atoms with E-state index in [2.05, 4.69) is 15.2 Å². The van der Waals surface area contributed by atoms with Crippen LogP contribution in [0.1, 0.15) is 28.8 Å². The number of rotatable bonds is 5. The summed E-state index contributed by atoms with van der Waals surface area (Å²) in [7, 11) is 0. The van der Waals surface area contributed by atoms with Gasteiger partial charge in [-0.1, -0.05) is 24.3 Å². The molecule has 0 atom stereocenters. The number of fused-ring (bicyclic) bond motifs is 1. The van der Waals surface area contributed by atoms with Crippen LogP contribution in [0.25, 0.3) is 11.1 Å². The van der Waals surface area contributed by atoms with Crippen LogP contribution in [-0.2, 0) is 6.54 Å². The van der Waals surface area contributed by atoms with Gasteiger partial charge in [-0.05, 0) is 48.2 Å². The zero-order valence-corrected chi connectivity index (χ0v) is 16.5. The summed E-state index contributed by atoms with van der Waals surface area (Å²) in [5, 5.41) is 3.04. The zero-order chi connectivity index (χ0) is 20.5. The van der Waals surface area contributed by atoms with Crippen molar-refractivity contribution in [2.75, 3.05) is 18.1 Å². The van der Waals surface area contributed by atoms with E-state index in [9.17, 15) is 9.18 Å². The summed E-state index contributed by atoms with van der Waals surface area (Å²) in [5.41, 5.74) is 3.44. The summed E-state index contributed by atoms with van der Waals surface area (Å²) < 4.78 is 20.5. The average molecular weight is 403 g/mol. The van der Waals surface area contributed by atoms with E-state index in [-0.39, 0.29) is 17.8 Å². The summed E-state index contributed by atoms with van der Waals surface area (Å²) in [6, 6.07) is 14.4. The molecule has 152 valence electrons. The zero-order valence-electron chi connectivity index (χ0n) is 16.5. The summed E-state index contributed by atoms with van der Waals surface area (Å²) in [5.74, 6) is 0.0695. The molecule has 0 unspecified atom stereocenters. The van der Waals surface area contributed by atoms with Crippen molar-refractivity contribution in [1.29, 1.82) is 0 Å². The van der Waals surface area contributed by atoms with Crippen LogP contribution in [-0.4, -0.2) is 30.1 Å². The molecule has 0 bridgehead atoms. The summed E-state index contributed by atoms with van der Waals surface area (Å²) >= 11 is 0. The second kappa shape index (κ2) is 7.78. The number of hydrogen-bond acceptors (Lipinski definition) is 4. The maximum absolute atomic E-state index is 14.6.